The van der Waals surface area contributed by atoms with Crippen molar-refractivity contribution in [2.45, 2.75) is 38.6 Å². The molecule has 0 aromatic carbocycles. The maximum atomic E-state index is 12.7. The van der Waals surface area contributed by atoms with E-state index in [9.17, 15) is 9.59 Å². The fourth-order valence-electron chi connectivity index (χ4n) is 4.17. The molecule has 2 aliphatic heterocycles. The van der Waals surface area contributed by atoms with Crippen LogP contribution in [0.15, 0.2) is 28.3 Å². The van der Waals surface area contributed by atoms with E-state index in [-0.39, 0.29) is 17.9 Å². The Morgan fingerprint density at radius 1 is 1.42 bits per heavy atom. The summed E-state index contributed by atoms with van der Waals surface area (Å²) in [5, 5.41) is 2.08. The van der Waals surface area contributed by atoms with Gasteiger partial charge in [-0.3, -0.25) is 9.59 Å². The maximum absolute atomic E-state index is 12.7. The molecule has 2 aliphatic rings. The zero-order chi connectivity index (χ0) is 18.1. The number of amides is 2. The molecule has 2 fully saturated rings. The molecule has 0 unspecified atom stereocenters. The van der Waals surface area contributed by atoms with E-state index in [0.29, 0.717) is 36.9 Å². The molecule has 2 amide bonds. The van der Waals surface area contributed by atoms with Gasteiger partial charge < -0.3 is 14.2 Å². The Hall–Kier alpha value is -2.15. The molecule has 0 spiro atoms. The summed E-state index contributed by atoms with van der Waals surface area (Å²) in [6.45, 7) is 3.89. The lowest BCUT2D eigenvalue weighted by atomic mass is 9.83. The Kier molecular flexibility index (Phi) is 4.80. The molecule has 4 heterocycles. The van der Waals surface area contributed by atoms with E-state index in [4.69, 9.17) is 4.42 Å². The second-order valence-corrected chi connectivity index (χ2v) is 8.11. The van der Waals surface area contributed by atoms with Crippen molar-refractivity contribution in [2.75, 3.05) is 19.6 Å². The third kappa shape index (κ3) is 3.28. The molecule has 2 aromatic rings. The first-order valence-corrected chi connectivity index (χ1v) is 10.0. The molecule has 0 saturated carbocycles. The normalized spacial score (nSPS) is 23.2. The fraction of sp³-hybridized carbons (Fsp3) is 0.526. The first-order chi connectivity index (χ1) is 12.6. The van der Waals surface area contributed by atoms with Crippen molar-refractivity contribution >= 4 is 23.2 Å². The maximum Gasteiger partial charge on any atom is 0.276 e. The highest BCUT2D eigenvalue weighted by Gasteiger charge is 2.40. The van der Waals surface area contributed by atoms with Crippen molar-refractivity contribution in [2.24, 2.45) is 5.92 Å². The molecule has 6 nitrogen and oxygen atoms in total. The van der Waals surface area contributed by atoms with Gasteiger partial charge in [0.25, 0.3) is 5.91 Å². The van der Waals surface area contributed by atoms with Gasteiger partial charge in [-0.25, -0.2) is 4.98 Å². The fourth-order valence-corrected chi connectivity index (χ4v) is 4.87. The zero-order valence-electron chi connectivity index (χ0n) is 14.9. The van der Waals surface area contributed by atoms with E-state index in [1.165, 1.54) is 11.3 Å². The van der Waals surface area contributed by atoms with Gasteiger partial charge in [0.05, 0.1) is 0 Å². The second-order valence-electron chi connectivity index (χ2n) is 7.08. The van der Waals surface area contributed by atoms with Gasteiger partial charge in [0, 0.05) is 37.0 Å². The number of aryl methyl sites for hydroxylation is 1. The van der Waals surface area contributed by atoms with Crippen LogP contribution in [-0.4, -0.2) is 52.3 Å². The van der Waals surface area contributed by atoms with Crippen LogP contribution in [0.4, 0.5) is 0 Å². The largest absolute Gasteiger partial charge is 0.448 e. The number of oxazole rings is 1. The smallest absolute Gasteiger partial charge is 0.276 e. The average Bonchev–Trinajstić information content (AvgIpc) is 3.31. The average molecular weight is 373 g/mol. The lowest BCUT2D eigenvalue weighted by Gasteiger charge is -2.47. The number of carbonyl (C=O) groups is 2. The van der Waals surface area contributed by atoms with Crippen molar-refractivity contribution in [1.82, 2.24) is 14.8 Å². The van der Waals surface area contributed by atoms with Crippen molar-refractivity contribution in [1.29, 1.82) is 0 Å². The second kappa shape index (κ2) is 7.23. The minimum Gasteiger partial charge on any atom is -0.448 e. The predicted molar refractivity (Wildman–Crippen MR) is 98.0 cm³/mol. The Morgan fingerprint density at radius 2 is 2.31 bits per heavy atom. The van der Waals surface area contributed by atoms with Crippen LogP contribution in [0.2, 0.25) is 0 Å². The summed E-state index contributed by atoms with van der Waals surface area (Å²) >= 11 is 1.74. The number of fused-ring (bicyclic) bond motifs is 1. The van der Waals surface area contributed by atoms with Gasteiger partial charge in [-0.15, -0.1) is 11.3 Å². The number of thiophene rings is 1. The Bertz CT molecular complexity index is 786. The van der Waals surface area contributed by atoms with Gasteiger partial charge in [0.1, 0.15) is 5.76 Å². The molecule has 7 heteroatoms. The Balaban J connectivity index is 1.42. The monoisotopic (exact) mass is 373 g/mol. The molecule has 0 radical (unpaired) electrons. The quantitative estimate of drug-likeness (QED) is 0.826. The number of nitrogens with zero attached hydrogens (tertiary/aromatic N) is 3. The number of aromatic nitrogens is 1. The summed E-state index contributed by atoms with van der Waals surface area (Å²) in [5.41, 5.74) is 0.407. The summed E-state index contributed by atoms with van der Waals surface area (Å²) in [5.74, 6) is 1.11. The number of rotatable bonds is 4. The van der Waals surface area contributed by atoms with E-state index >= 15 is 0 Å². The predicted octanol–water partition coefficient (Wildman–Crippen LogP) is 2.74. The molecule has 0 N–H and O–H groups in total. The lowest BCUT2D eigenvalue weighted by molar-refractivity contribution is -0.140. The minimum atomic E-state index is -0.0586. The van der Waals surface area contributed by atoms with Gasteiger partial charge in [-0.1, -0.05) is 6.07 Å². The topological polar surface area (TPSA) is 66.7 Å². The number of piperidine rings is 2. The molecule has 138 valence electrons. The van der Waals surface area contributed by atoms with Crippen LogP contribution in [-0.2, 0) is 11.2 Å². The van der Waals surface area contributed by atoms with Crippen LogP contribution in [0.25, 0.3) is 0 Å². The first kappa shape index (κ1) is 17.3. The molecule has 4 rings (SSSR count). The number of hydrogen-bond donors (Lipinski definition) is 0. The molecular formula is C19H23N3O3S. The molecule has 2 atom stereocenters. The van der Waals surface area contributed by atoms with Crippen molar-refractivity contribution in [3.8, 4) is 0 Å². The summed E-state index contributed by atoms with van der Waals surface area (Å²) in [6, 6.07) is 4.42. The summed E-state index contributed by atoms with van der Waals surface area (Å²) in [7, 11) is 0. The minimum absolute atomic E-state index is 0.0586. The third-order valence-corrected chi connectivity index (χ3v) is 6.49. The molecule has 0 bridgehead atoms. The highest BCUT2D eigenvalue weighted by Crippen LogP contribution is 2.32. The van der Waals surface area contributed by atoms with Gasteiger partial charge in [0.15, 0.2) is 12.1 Å². The van der Waals surface area contributed by atoms with Gasteiger partial charge in [0.2, 0.25) is 5.91 Å². The molecular weight excluding hydrogens is 350 g/mol. The van der Waals surface area contributed by atoms with Crippen molar-refractivity contribution in [3.05, 3.63) is 40.2 Å². The molecule has 26 heavy (non-hydrogen) atoms. The summed E-state index contributed by atoms with van der Waals surface area (Å²) in [4.78, 5) is 34.5. The summed E-state index contributed by atoms with van der Waals surface area (Å²) < 4.78 is 5.17. The molecule has 2 saturated heterocycles. The number of hydrogen-bond acceptors (Lipinski definition) is 5. The summed E-state index contributed by atoms with van der Waals surface area (Å²) in [6.07, 6.45) is 4.51. The van der Waals surface area contributed by atoms with E-state index < -0.39 is 0 Å². The van der Waals surface area contributed by atoms with Gasteiger partial charge >= 0.3 is 0 Å². The number of likely N-dealkylation sites (tertiary alicyclic amines) is 2. The Morgan fingerprint density at radius 3 is 3.04 bits per heavy atom. The molecule has 2 aromatic heterocycles. The first-order valence-electron chi connectivity index (χ1n) is 9.14. The number of carbonyl (C=O) groups excluding carboxylic acids is 2. The van der Waals surface area contributed by atoms with Crippen LogP contribution < -0.4 is 0 Å². The van der Waals surface area contributed by atoms with Crippen molar-refractivity contribution < 1.29 is 14.0 Å². The lowest BCUT2D eigenvalue weighted by Crippen LogP contribution is -2.57. The van der Waals surface area contributed by atoms with Gasteiger partial charge in [-0.2, -0.15) is 0 Å². The van der Waals surface area contributed by atoms with Crippen molar-refractivity contribution in [3.63, 3.8) is 0 Å². The van der Waals surface area contributed by atoms with E-state index in [0.717, 1.165) is 25.8 Å². The third-order valence-electron chi connectivity index (χ3n) is 5.56. The van der Waals surface area contributed by atoms with Crippen LogP contribution >= 0.6 is 11.3 Å². The van der Waals surface area contributed by atoms with Crippen LogP contribution in [0.5, 0.6) is 0 Å². The molecule has 0 aliphatic carbocycles. The van der Waals surface area contributed by atoms with E-state index in [2.05, 4.69) is 27.4 Å². The highest BCUT2D eigenvalue weighted by molar-refractivity contribution is 7.09. The zero-order valence-corrected chi connectivity index (χ0v) is 15.7. The standard InChI is InChI=1S/C19H23N3O3S/c1-13-18(20-12-25-13)19(24)21-8-7-16-14(11-21)4-5-17(23)22(16)9-6-15-3-2-10-26-15/h2-3,10,12,14,16H,4-9,11H2,1H3/t14-,16+/m0/s1. The Labute approximate surface area is 156 Å². The van der Waals surface area contributed by atoms with Crippen LogP contribution in [0.3, 0.4) is 0 Å². The SMILES string of the molecule is Cc1ocnc1C(=O)N1CC[C@@H]2[C@@H](CCC(=O)N2CCc2cccs2)C1. The van der Waals surface area contributed by atoms with Crippen LogP contribution in [0, 0.1) is 12.8 Å². The van der Waals surface area contributed by atoms with Gasteiger partial charge in [-0.05, 0) is 43.6 Å². The van der Waals surface area contributed by atoms with Crippen LogP contribution in [0.1, 0.15) is 40.4 Å². The highest BCUT2D eigenvalue weighted by atomic mass is 32.1. The van der Waals surface area contributed by atoms with E-state index in [1.807, 2.05) is 4.90 Å². The van der Waals surface area contributed by atoms with E-state index in [1.54, 1.807) is 18.3 Å².